The molecule has 2 heterocycles. The van der Waals surface area contributed by atoms with Crippen molar-refractivity contribution in [1.29, 1.82) is 0 Å². The normalized spacial score (nSPS) is 15.2. The molecule has 1 aliphatic heterocycles. The molecule has 0 unspecified atom stereocenters. The number of aryl methyl sites for hydroxylation is 2. The molecule has 90 valence electrons. The number of nitrogens with one attached hydrogen (secondary N) is 1. The van der Waals surface area contributed by atoms with Crippen molar-refractivity contribution in [3.63, 3.8) is 0 Å². The van der Waals surface area contributed by atoms with Gasteiger partial charge in [-0.1, -0.05) is 5.16 Å². The zero-order valence-corrected chi connectivity index (χ0v) is 10.4. The molecule has 0 radical (unpaired) electrons. The molecule has 1 saturated heterocycles. The Morgan fingerprint density at radius 3 is 2.50 bits per heavy atom. The second-order valence-corrected chi connectivity index (χ2v) is 3.93. The minimum absolute atomic E-state index is 0. The molecule has 1 aromatic rings. The van der Waals surface area contributed by atoms with Gasteiger partial charge < -0.3 is 14.7 Å². The van der Waals surface area contributed by atoms with E-state index >= 15 is 0 Å². The third-order valence-corrected chi connectivity index (χ3v) is 2.88. The summed E-state index contributed by atoms with van der Waals surface area (Å²) in [4.78, 5) is 13.8. The van der Waals surface area contributed by atoms with Crippen LogP contribution in [0.5, 0.6) is 0 Å². The van der Waals surface area contributed by atoms with Gasteiger partial charge in [0.2, 0.25) is 0 Å². The van der Waals surface area contributed by atoms with Gasteiger partial charge in [0.15, 0.2) is 0 Å². The molecular weight excluding hydrogens is 230 g/mol. The fraction of sp³-hybridized carbons (Fsp3) is 0.600. The first-order valence-corrected chi connectivity index (χ1v) is 5.02. The maximum atomic E-state index is 12.1. The first-order chi connectivity index (χ1) is 7.11. The van der Waals surface area contributed by atoms with Crippen molar-refractivity contribution in [3.05, 3.63) is 17.0 Å². The van der Waals surface area contributed by atoms with Crippen LogP contribution in [0.3, 0.4) is 0 Å². The van der Waals surface area contributed by atoms with Gasteiger partial charge in [-0.05, 0) is 13.8 Å². The van der Waals surface area contributed by atoms with Gasteiger partial charge in [-0.15, -0.1) is 12.4 Å². The average molecular weight is 246 g/mol. The van der Waals surface area contributed by atoms with E-state index in [-0.39, 0.29) is 18.3 Å². The van der Waals surface area contributed by atoms with Crippen molar-refractivity contribution < 1.29 is 9.32 Å². The topological polar surface area (TPSA) is 58.4 Å². The van der Waals surface area contributed by atoms with E-state index in [1.807, 2.05) is 7.05 Å². The first kappa shape index (κ1) is 13.0. The van der Waals surface area contributed by atoms with E-state index in [4.69, 9.17) is 4.52 Å². The number of rotatable bonds is 2. The van der Waals surface area contributed by atoms with E-state index in [1.165, 1.54) is 0 Å². The molecule has 0 atom stereocenters. The Morgan fingerprint density at radius 1 is 1.50 bits per heavy atom. The molecular formula is C10H16ClN3O2. The van der Waals surface area contributed by atoms with Gasteiger partial charge >= 0.3 is 0 Å². The minimum atomic E-state index is -0.00208. The summed E-state index contributed by atoms with van der Waals surface area (Å²) in [7, 11) is 1.82. The first-order valence-electron chi connectivity index (χ1n) is 5.02. The molecule has 0 saturated carbocycles. The lowest BCUT2D eigenvalue weighted by Gasteiger charge is -2.35. The predicted molar refractivity (Wildman–Crippen MR) is 62.0 cm³/mol. The highest BCUT2D eigenvalue weighted by atomic mass is 35.5. The van der Waals surface area contributed by atoms with Crippen LogP contribution in [-0.4, -0.2) is 42.1 Å². The number of likely N-dealkylation sites (N-methyl/N-ethyl adjacent to an activating group) is 1. The summed E-state index contributed by atoms with van der Waals surface area (Å²) < 4.78 is 4.98. The molecule has 5 nitrogen and oxygen atoms in total. The van der Waals surface area contributed by atoms with Gasteiger partial charge in [-0.3, -0.25) is 4.79 Å². The molecule has 1 fully saturated rings. The van der Waals surface area contributed by atoms with Gasteiger partial charge in [0.1, 0.15) is 11.3 Å². The summed E-state index contributed by atoms with van der Waals surface area (Å²) >= 11 is 0. The number of nitrogens with zero attached hydrogens (tertiary/aromatic N) is 2. The lowest BCUT2D eigenvalue weighted by Crippen LogP contribution is -2.57. The monoisotopic (exact) mass is 245 g/mol. The molecule has 1 amide bonds. The van der Waals surface area contributed by atoms with Crippen molar-refractivity contribution in [3.8, 4) is 0 Å². The molecule has 2 rings (SSSR count). The Hall–Kier alpha value is -1.07. The second-order valence-electron chi connectivity index (χ2n) is 3.93. The van der Waals surface area contributed by atoms with Gasteiger partial charge in [0, 0.05) is 20.1 Å². The molecule has 1 aromatic heterocycles. The van der Waals surface area contributed by atoms with Crippen LogP contribution in [0.2, 0.25) is 0 Å². The van der Waals surface area contributed by atoms with E-state index in [0.717, 1.165) is 13.1 Å². The van der Waals surface area contributed by atoms with Crippen molar-refractivity contribution in [2.75, 3.05) is 20.1 Å². The molecule has 16 heavy (non-hydrogen) atoms. The maximum absolute atomic E-state index is 12.1. The third kappa shape index (κ3) is 2.05. The largest absolute Gasteiger partial charge is 0.361 e. The molecule has 6 heteroatoms. The van der Waals surface area contributed by atoms with Crippen molar-refractivity contribution in [2.24, 2.45) is 0 Å². The fourth-order valence-electron chi connectivity index (χ4n) is 1.68. The second kappa shape index (κ2) is 4.84. The zero-order valence-electron chi connectivity index (χ0n) is 9.61. The lowest BCUT2D eigenvalue weighted by molar-refractivity contribution is 0.0679. The number of carbonyl (C=O) groups is 1. The van der Waals surface area contributed by atoms with E-state index in [0.29, 0.717) is 23.1 Å². The summed E-state index contributed by atoms with van der Waals surface area (Å²) in [6.07, 6.45) is 0. The van der Waals surface area contributed by atoms with E-state index in [2.05, 4.69) is 10.5 Å². The average Bonchev–Trinajstić information content (AvgIpc) is 2.42. The Labute approximate surface area is 101 Å². The Morgan fingerprint density at radius 2 is 2.12 bits per heavy atom. The third-order valence-electron chi connectivity index (χ3n) is 2.88. The van der Waals surface area contributed by atoms with Gasteiger partial charge in [0.25, 0.3) is 5.91 Å². The van der Waals surface area contributed by atoms with E-state index in [1.54, 1.807) is 18.7 Å². The van der Waals surface area contributed by atoms with Crippen LogP contribution in [0, 0.1) is 13.8 Å². The Bertz CT molecular complexity index is 368. The molecule has 0 aromatic carbocycles. The van der Waals surface area contributed by atoms with E-state index in [9.17, 15) is 4.79 Å². The SMILES string of the molecule is Cc1noc(C)c1C(=O)N(C)C1CNC1.Cl. The number of hydrogen-bond donors (Lipinski definition) is 1. The van der Waals surface area contributed by atoms with Crippen molar-refractivity contribution in [1.82, 2.24) is 15.4 Å². The van der Waals surface area contributed by atoms with Gasteiger partial charge in [-0.25, -0.2) is 0 Å². The summed E-state index contributed by atoms with van der Waals surface area (Å²) in [5, 5.41) is 6.92. The molecule has 0 spiro atoms. The van der Waals surface area contributed by atoms with Gasteiger partial charge in [0.05, 0.1) is 11.7 Å². The summed E-state index contributed by atoms with van der Waals surface area (Å²) in [5.74, 6) is 0.592. The minimum Gasteiger partial charge on any atom is -0.361 e. The zero-order chi connectivity index (χ0) is 11.0. The van der Waals surface area contributed by atoms with E-state index < -0.39 is 0 Å². The highest BCUT2D eigenvalue weighted by Crippen LogP contribution is 2.16. The Balaban J connectivity index is 0.00000128. The van der Waals surface area contributed by atoms with Crippen LogP contribution in [0.15, 0.2) is 4.52 Å². The molecule has 0 bridgehead atoms. The highest BCUT2D eigenvalue weighted by Gasteiger charge is 2.29. The summed E-state index contributed by atoms with van der Waals surface area (Å²) in [6.45, 7) is 5.29. The Kier molecular flexibility index (Phi) is 3.93. The quantitative estimate of drug-likeness (QED) is 0.836. The predicted octanol–water partition coefficient (Wildman–Crippen LogP) is 0.757. The highest BCUT2D eigenvalue weighted by molar-refractivity contribution is 5.96. The van der Waals surface area contributed by atoms with Crippen LogP contribution >= 0.6 is 12.4 Å². The lowest BCUT2D eigenvalue weighted by atomic mass is 10.1. The maximum Gasteiger partial charge on any atom is 0.259 e. The molecule has 0 aliphatic carbocycles. The smallest absolute Gasteiger partial charge is 0.259 e. The van der Waals surface area contributed by atoms with Crippen LogP contribution in [0.25, 0.3) is 0 Å². The van der Waals surface area contributed by atoms with Crippen LogP contribution in [0.1, 0.15) is 21.8 Å². The standard InChI is InChI=1S/C10H15N3O2.ClH/c1-6-9(7(2)15-12-6)10(14)13(3)8-4-11-5-8;/h8,11H,4-5H2,1-3H3;1H. The molecule has 1 aliphatic rings. The van der Waals surface area contributed by atoms with Gasteiger partial charge in [-0.2, -0.15) is 0 Å². The van der Waals surface area contributed by atoms with Crippen LogP contribution in [0.4, 0.5) is 0 Å². The van der Waals surface area contributed by atoms with Crippen molar-refractivity contribution in [2.45, 2.75) is 19.9 Å². The van der Waals surface area contributed by atoms with Crippen LogP contribution < -0.4 is 5.32 Å². The summed E-state index contributed by atoms with van der Waals surface area (Å²) in [5.41, 5.74) is 1.26. The number of amides is 1. The van der Waals surface area contributed by atoms with Crippen molar-refractivity contribution >= 4 is 18.3 Å². The van der Waals surface area contributed by atoms with Crippen LogP contribution in [-0.2, 0) is 0 Å². The number of halogens is 1. The molecule has 1 N–H and O–H groups in total. The summed E-state index contributed by atoms with van der Waals surface area (Å²) in [6, 6.07) is 0.297. The number of carbonyl (C=O) groups excluding carboxylic acids is 1. The number of hydrogen-bond acceptors (Lipinski definition) is 4. The number of aromatic nitrogens is 1. The fourth-order valence-corrected chi connectivity index (χ4v) is 1.68.